The van der Waals surface area contributed by atoms with E-state index in [1.807, 2.05) is 67.6 Å². The van der Waals surface area contributed by atoms with Crippen molar-refractivity contribution in [2.45, 2.75) is 26.0 Å². The highest BCUT2D eigenvalue weighted by Gasteiger charge is 2.22. The summed E-state index contributed by atoms with van der Waals surface area (Å²) in [5, 5.41) is 2.94. The van der Waals surface area contributed by atoms with E-state index in [4.69, 9.17) is 16.3 Å². The minimum absolute atomic E-state index is 0.0318. The zero-order chi connectivity index (χ0) is 18.5. The van der Waals surface area contributed by atoms with E-state index < -0.39 is 6.10 Å². The van der Waals surface area contributed by atoms with Crippen LogP contribution in [0.4, 0.5) is 0 Å². The van der Waals surface area contributed by atoms with E-state index in [0.717, 1.165) is 16.3 Å². The van der Waals surface area contributed by atoms with Crippen LogP contribution in [0, 0.1) is 0 Å². The van der Waals surface area contributed by atoms with Crippen LogP contribution in [0.5, 0.6) is 5.75 Å². The van der Waals surface area contributed by atoms with Crippen LogP contribution in [0.2, 0.25) is 5.02 Å². The van der Waals surface area contributed by atoms with Gasteiger partial charge in [0.05, 0.1) is 0 Å². The Hall–Kier alpha value is -2.52. The fourth-order valence-corrected chi connectivity index (χ4v) is 3.03. The largest absolute Gasteiger partial charge is 0.481 e. The summed E-state index contributed by atoms with van der Waals surface area (Å²) >= 11 is 5.91. The normalized spacial score (nSPS) is 12.0. The molecule has 134 valence electrons. The maximum absolute atomic E-state index is 12.8. The van der Waals surface area contributed by atoms with Crippen molar-refractivity contribution in [2.75, 3.05) is 7.05 Å². The first-order valence-electron chi connectivity index (χ1n) is 8.71. The van der Waals surface area contributed by atoms with Crippen LogP contribution >= 0.6 is 11.6 Å². The van der Waals surface area contributed by atoms with Crippen molar-refractivity contribution in [1.82, 2.24) is 4.90 Å². The van der Waals surface area contributed by atoms with Gasteiger partial charge in [-0.3, -0.25) is 4.79 Å². The molecule has 26 heavy (non-hydrogen) atoms. The molecule has 0 N–H and O–H groups in total. The van der Waals surface area contributed by atoms with Crippen molar-refractivity contribution in [3.8, 4) is 5.75 Å². The third kappa shape index (κ3) is 4.36. The Bertz CT molecular complexity index is 892. The highest BCUT2D eigenvalue weighted by Crippen LogP contribution is 2.22. The lowest BCUT2D eigenvalue weighted by Gasteiger charge is -2.24. The first kappa shape index (κ1) is 18.3. The molecule has 0 aliphatic heterocycles. The van der Waals surface area contributed by atoms with E-state index in [9.17, 15) is 4.79 Å². The van der Waals surface area contributed by atoms with Gasteiger partial charge in [0.1, 0.15) is 5.75 Å². The van der Waals surface area contributed by atoms with E-state index in [-0.39, 0.29) is 5.91 Å². The van der Waals surface area contributed by atoms with Crippen LogP contribution in [0.25, 0.3) is 10.8 Å². The number of ether oxygens (including phenoxy) is 1. The van der Waals surface area contributed by atoms with Crippen LogP contribution in [0.15, 0.2) is 66.7 Å². The van der Waals surface area contributed by atoms with Crippen LogP contribution < -0.4 is 4.74 Å². The molecule has 3 aromatic rings. The summed E-state index contributed by atoms with van der Waals surface area (Å²) in [6.07, 6.45) is 0.102. The van der Waals surface area contributed by atoms with Crippen LogP contribution in [0.3, 0.4) is 0 Å². The molecular weight excluding hydrogens is 346 g/mol. The monoisotopic (exact) mass is 367 g/mol. The molecule has 1 atom stereocenters. The lowest BCUT2D eigenvalue weighted by molar-refractivity contribution is -0.138. The molecule has 0 fully saturated rings. The minimum Gasteiger partial charge on any atom is -0.481 e. The third-order valence-electron chi connectivity index (χ3n) is 4.35. The molecule has 0 heterocycles. The summed E-state index contributed by atoms with van der Waals surface area (Å²) in [6, 6.07) is 21.5. The second-order valence-corrected chi connectivity index (χ2v) is 6.78. The molecule has 0 aromatic heterocycles. The van der Waals surface area contributed by atoms with E-state index >= 15 is 0 Å². The molecule has 0 saturated heterocycles. The summed E-state index contributed by atoms with van der Waals surface area (Å²) < 4.78 is 6.00. The molecule has 0 aliphatic rings. The fourth-order valence-electron chi connectivity index (χ4n) is 2.90. The van der Waals surface area contributed by atoms with Crippen molar-refractivity contribution in [3.63, 3.8) is 0 Å². The third-order valence-corrected chi connectivity index (χ3v) is 4.61. The van der Waals surface area contributed by atoms with Gasteiger partial charge in [0.25, 0.3) is 5.91 Å². The Kier molecular flexibility index (Phi) is 5.79. The van der Waals surface area contributed by atoms with Crippen LogP contribution in [0.1, 0.15) is 18.9 Å². The Morgan fingerprint density at radius 1 is 1.04 bits per heavy atom. The number of nitrogens with zero attached hydrogens (tertiary/aromatic N) is 1. The van der Waals surface area contributed by atoms with E-state index in [1.54, 1.807) is 11.9 Å². The zero-order valence-electron chi connectivity index (χ0n) is 15.0. The summed E-state index contributed by atoms with van der Waals surface area (Å²) in [5.41, 5.74) is 1.03. The van der Waals surface area contributed by atoms with Gasteiger partial charge < -0.3 is 9.64 Å². The predicted octanol–water partition coefficient (Wildman–Crippen LogP) is 5.31. The Labute approximate surface area is 159 Å². The number of fused-ring (bicyclic) bond motifs is 1. The molecule has 0 bridgehead atoms. The smallest absolute Gasteiger partial charge is 0.263 e. The van der Waals surface area contributed by atoms with Gasteiger partial charge in [-0.05, 0) is 47.0 Å². The van der Waals surface area contributed by atoms with Crippen molar-refractivity contribution in [1.29, 1.82) is 0 Å². The zero-order valence-corrected chi connectivity index (χ0v) is 15.7. The number of likely N-dealkylation sites (N-methyl/N-ethyl adjacent to an activating group) is 1. The minimum atomic E-state index is -0.506. The predicted molar refractivity (Wildman–Crippen MR) is 107 cm³/mol. The summed E-state index contributed by atoms with van der Waals surface area (Å²) in [5.74, 6) is 0.680. The van der Waals surface area contributed by atoms with Gasteiger partial charge in [0, 0.05) is 18.6 Å². The Balaban J connectivity index is 1.69. The van der Waals surface area contributed by atoms with Crippen molar-refractivity contribution >= 4 is 28.3 Å². The highest BCUT2D eigenvalue weighted by atomic mass is 35.5. The van der Waals surface area contributed by atoms with Gasteiger partial charge in [-0.15, -0.1) is 0 Å². The number of carbonyl (C=O) groups excluding carboxylic acids is 1. The average Bonchev–Trinajstić information content (AvgIpc) is 2.67. The second-order valence-electron chi connectivity index (χ2n) is 6.34. The van der Waals surface area contributed by atoms with Crippen LogP contribution in [-0.2, 0) is 11.3 Å². The van der Waals surface area contributed by atoms with Crippen LogP contribution in [-0.4, -0.2) is 24.0 Å². The molecule has 3 rings (SSSR count). The number of amides is 1. The number of halogens is 1. The fraction of sp³-hybridized carbons (Fsp3) is 0.227. The van der Waals surface area contributed by atoms with Gasteiger partial charge in [0.15, 0.2) is 6.10 Å². The molecule has 0 aliphatic carbocycles. The molecule has 3 nitrogen and oxygen atoms in total. The first-order chi connectivity index (χ1) is 12.6. The molecule has 0 spiro atoms. The van der Waals surface area contributed by atoms with Gasteiger partial charge in [-0.2, -0.15) is 0 Å². The maximum atomic E-state index is 12.8. The van der Waals surface area contributed by atoms with E-state index in [2.05, 4.69) is 6.07 Å². The number of hydrogen-bond donors (Lipinski definition) is 0. The van der Waals surface area contributed by atoms with Crippen molar-refractivity contribution in [2.24, 2.45) is 0 Å². The molecular formula is C22H22ClNO2. The van der Waals surface area contributed by atoms with Crippen molar-refractivity contribution in [3.05, 3.63) is 77.3 Å². The van der Waals surface area contributed by atoms with Gasteiger partial charge in [-0.1, -0.05) is 61.0 Å². The van der Waals surface area contributed by atoms with E-state index in [0.29, 0.717) is 23.7 Å². The van der Waals surface area contributed by atoms with Gasteiger partial charge in [-0.25, -0.2) is 0 Å². The molecule has 0 radical (unpaired) electrons. The van der Waals surface area contributed by atoms with Gasteiger partial charge >= 0.3 is 0 Å². The molecule has 3 aromatic carbocycles. The molecule has 0 unspecified atom stereocenters. The number of hydrogen-bond acceptors (Lipinski definition) is 2. The topological polar surface area (TPSA) is 29.5 Å². The lowest BCUT2D eigenvalue weighted by atomic mass is 10.1. The number of benzene rings is 3. The Morgan fingerprint density at radius 2 is 1.73 bits per heavy atom. The number of rotatable bonds is 6. The van der Waals surface area contributed by atoms with E-state index in [1.165, 1.54) is 0 Å². The SMILES string of the molecule is CC[C@H](Oc1ccc2ccccc2c1)C(=O)N(C)Cc1ccc(Cl)cc1. The standard InChI is InChI=1S/C22H22ClNO2/c1-3-21(22(25)24(2)15-16-8-11-19(23)12-9-16)26-20-13-10-17-6-4-5-7-18(17)14-20/h4-14,21H,3,15H2,1-2H3/t21-/m0/s1. The highest BCUT2D eigenvalue weighted by molar-refractivity contribution is 6.30. The van der Waals surface area contributed by atoms with Gasteiger partial charge in [0.2, 0.25) is 0 Å². The lowest BCUT2D eigenvalue weighted by Crippen LogP contribution is -2.39. The summed E-state index contributed by atoms with van der Waals surface area (Å²) in [6.45, 7) is 2.48. The average molecular weight is 368 g/mol. The second kappa shape index (κ2) is 8.24. The summed E-state index contributed by atoms with van der Waals surface area (Å²) in [7, 11) is 1.79. The Morgan fingerprint density at radius 3 is 2.42 bits per heavy atom. The van der Waals surface area contributed by atoms with Crippen molar-refractivity contribution < 1.29 is 9.53 Å². The maximum Gasteiger partial charge on any atom is 0.263 e. The quantitative estimate of drug-likeness (QED) is 0.591. The first-order valence-corrected chi connectivity index (χ1v) is 9.09. The molecule has 4 heteroatoms. The molecule has 0 saturated carbocycles. The number of carbonyl (C=O) groups is 1. The molecule has 1 amide bonds. The summed E-state index contributed by atoms with van der Waals surface area (Å²) in [4.78, 5) is 14.5.